The van der Waals surface area contributed by atoms with E-state index in [0.717, 1.165) is 27.8 Å². The number of rotatable bonds is 6. The fourth-order valence-electron chi connectivity index (χ4n) is 3.39. The van der Waals surface area contributed by atoms with Crippen LogP contribution in [0.3, 0.4) is 0 Å². The highest BCUT2D eigenvalue weighted by atomic mass is 19.1. The van der Waals surface area contributed by atoms with Gasteiger partial charge in [0.05, 0.1) is 13.5 Å². The largest absolute Gasteiger partial charge is 0.497 e. The van der Waals surface area contributed by atoms with E-state index in [-0.39, 0.29) is 12.2 Å². The van der Waals surface area contributed by atoms with Crippen LogP contribution >= 0.6 is 0 Å². The first-order valence-electron chi connectivity index (χ1n) is 9.38. The molecule has 1 aliphatic carbocycles. The fraction of sp³-hybridized carbons (Fsp3) is 0.0800. The predicted octanol–water partition coefficient (Wildman–Crippen LogP) is 6.04. The van der Waals surface area contributed by atoms with Crippen molar-refractivity contribution in [1.82, 2.24) is 0 Å². The molecule has 0 aromatic heterocycles. The number of carboxylic acid groups (broad SMARTS) is 1. The Morgan fingerprint density at radius 3 is 2.20 bits per heavy atom. The van der Waals surface area contributed by atoms with Gasteiger partial charge in [0.15, 0.2) is 0 Å². The molecule has 4 nitrogen and oxygen atoms in total. The van der Waals surface area contributed by atoms with Crippen LogP contribution in [0.2, 0.25) is 0 Å². The number of benzene rings is 3. The summed E-state index contributed by atoms with van der Waals surface area (Å²) in [4.78, 5) is 11.2. The van der Waals surface area contributed by atoms with E-state index >= 15 is 0 Å². The molecule has 3 aromatic rings. The molecule has 0 spiro atoms. The molecule has 4 rings (SSSR count). The Labute approximate surface area is 173 Å². The summed E-state index contributed by atoms with van der Waals surface area (Å²) >= 11 is 0. The molecule has 0 saturated heterocycles. The summed E-state index contributed by atoms with van der Waals surface area (Å²) in [6.45, 7) is 0. The molecule has 0 atom stereocenters. The molecule has 0 unspecified atom stereocenters. The highest BCUT2D eigenvalue weighted by Crippen LogP contribution is 2.40. The molecule has 0 radical (unpaired) electrons. The van der Waals surface area contributed by atoms with Crippen molar-refractivity contribution in [2.75, 3.05) is 7.11 Å². The van der Waals surface area contributed by atoms with Gasteiger partial charge in [-0.15, -0.1) is 0 Å². The second kappa shape index (κ2) is 8.25. The summed E-state index contributed by atoms with van der Waals surface area (Å²) in [5, 5.41) is 9.22. The molecule has 5 heteroatoms. The third-order valence-electron chi connectivity index (χ3n) is 4.81. The lowest BCUT2D eigenvalue weighted by molar-refractivity contribution is -0.135. The maximum Gasteiger partial charge on any atom is 0.307 e. The van der Waals surface area contributed by atoms with Gasteiger partial charge >= 0.3 is 5.97 Å². The molecular formula is C25H19FO4. The third-order valence-corrected chi connectivity index (χ3v) is 4.81. The van der Waals surface area contributed by atoms with Gasteiger partial charge < -0.3 is 14.6 Å². The van der Waals surface area contributed by atoms with E-state index in [1.54, 1.807) is 19.2 Å². The van der Waals surface area contributed by atoms with Crippen molar-refractivity contribution in [1.29, 1.82) is 0 Å². The molecule has 0 amide bonds. The first-order valence-corrected chi connectivity index (χ1v) is 9.38. The Morgan fingerprint density at radius 1 is 0.933 bits per heavy atom. The van der Waals surface area contributed by atoms with E-state index in [0.29, 0.717) is 17.2 Å². The number of methoxy groups -OCH3 is 1. The van der Waals surface area contributed by atoms with Gasteiger partial charge in [-0.2, -0.15) is 0 Å². The standard InChI is InChI=1S/C25H19FO4/c1-29-22-10-11-23-18(14-25(27)28)13-17(24(23)15-22)12-16-2-6-20(7-3-16)30-21-8-4-19(26)5-9-21/h2-13,15H,14H2,1H3,(H,27,28)/b17-12-. The predicted molar refractivity (Wildman–Crippen MR) is 114 cm³/mol. The Bertz CT molecular complexity index is 1140. The van der Waals surface area contributed by atoms with E-state index in [1.165, 1.54) is 12.1 Å². The van der Waals surface area contributed by atoms with E-state index in [1.807, 2.05) is 54.6 Å². The number of carboxylic acids is 1. The van der Waals surface area contributed by atoms with Crippen LogP contribution in [-0.2, 0) is 4.79 Å². The van der Waals surface area contributed by atoms with E-state index < -0.39 is 5.97 Å². The lowest BCUT2D eigenvalue weighted by Gasteiger charge is -2.08. The van der Waals surface area contributed by atoms with Gasteiger partial charge in [-0.1, -0.05) is 18.2 Å². The van der Waals surface area contributed by atoms with Crippen LogP contribution in [0.1, 0.15) is 23.1 Å². The van der Waals surface area contributed by atoms with Crippen LogP contribution in [0, 0.1) is 5.82 Å². The summed E-state index contributed by atoms with van der Waals surface area (Å²) in [6, 6.07) is 19.0. The first-order chi connectivity index (χ1) is 14.5. The number of carbonyl (C=O) groups is 1. The zero-order chi connectivity index (χ0) is 21.1. The van der Waals surface area contributed by atoms with Crippen LogP contribution < -0.4 is 9.47 Å². The maximum atomic E-state index is 13.0. The number of ether oxygens (including phenoxy) is 2. The molecule has 0 heterocycles. The number of allylic oxidation sites excluding steroid dienone is 2. The molecule has 0 saturated carbocycles. The van der Waals surface area contributed by atoms with Crippen molar-refractivity contribution >= 4 is 23.2 Å². The van der Waals surface area contributed by atoms with Gasteiger partial charge in [0.2, 0.25) is 0 Å². The van der Waals surface area contributed by atoms with Crippen LogP contribution in [0.5, 0.6) is 17.2 Å². The quantitative estimate of drug-likeness (QED) is 0.546. The minimum Gasteiger partial charge on any atom is -0.497 e. The van der Waals surface area contributed by atoms with Gasteiger partial charge in [0.25, 0.3) is 0 Å². The number of halogens is 1. The maximum absolute atomic E-state index is 13.0. The second-order valence-electron chi connectivity index (χ2n) is 6.88. The van der Waals surface area contributed by atoms with Gasteiger partial charge in [-0.25, -0.2) is 4.39 Å². The summed E-state index contributed by atoms with van der Waals surface area (Å²) in [5.74, 6) is 0.729. The molecule has 1 aliphatic rings. The van der Waals surface area contributed by atoms with Crippen LogP contribution in [0.4, 0.5) is 4.39 Å². The van der Waals surface area contributed by atoms with Crippen molar-refractivity contribution < 1.29 is 23.8 Å². The topological polar surface area (TPSA) is 55.8 Å². The van der Waals surface area contributed by atoms with Crippen LogP contribution in [0.25, 0.3) is 17.2 Å². The Kier molecular flexibility index (Phi) is 5.35. The zero-order valence-corrected chi connectivity index (χ0v) is 16.3. The van der Waals surface area contributed by atoms with E-state index in [2.05, 4.69) is 0 Å². The lowest BCUT2D eigenvalue weighted by atomic mass is 10.0. The monoisotopic (exact) mass is 402 g/mol. The third kappa shape index (κ3) is 4.25. The number of aliphatic carboxylic acids is 1. The SMILES string of the molecule is COc1ccc2c(c1)/C(=C\c1ccc(Oc3ccc(F)cc3)cc1)C=C2CC(=O)O. The van der Waals surface area contributed by atoms with Crippen molar-refractivity contribution in [2.24, 2.45) is 0 Å². The van der Waals surface area contributed by atoms with Gasteiger partial charge in [0, 0.05) is 0 Å². The second-order valence-corrected chi connectivity index (χ2v) is 6.88. The smallest absolute Gasteiger partial charge is 0.307 e. The minimum atomic E-state index is -0.869. The van der Waals surface area contributed by atoms with Gasteiger partial charge in [-0.05, 0) is 88.5 Å². The Balaban J connectivity index is 1.61. The number of hydrogen-bond donors (Lipinski definition) is 1. The molecule has 30 heavy (non-hydrogen) atoms. The first kappa shape index (κ1) is 19.5. The lowest BCUT2D eigenvalue weighted by Crippen LogP contribution is -1.96. The highest BCUT2D eigenvalue weighted by molar-refractivity contribution is 6.04. The summed E-state index contributed by atoms with van der Waals surface area (Å²) in [5.41, 5.74) is 4.48. The Hall–Kier alpha value is -3.86. The molecule has 150 valence electrons. The van der Waals surface area contributed by atoms with Crippen molar-refractivity contribution in [2.45, 2.75) is 6.42 Å². The summed E-state index contributed by atoms with van der Waals surface area (Å²) in [6.07, 6.45) is 3.86. The fourth-order valence-corrected chi connectivity index (χ4v) is 3.39. The van der Waals surface area contributed by atoms with Crippen LogP contribution in [0.15, 0.2) is 72.8 Å². The number of hydrogen-bond acceptors (Lipinski definition) is 3. The van der Waals surface area contributed by atoms with Crippen molar-refractivity contribution in [3.63, 3.8) is 0 Å². The molecule has 1 N–H and O–H groups in total. The van der Waals surface area contributed by atoms with Gasteiger partial charge in [0.1, 0.15) is 23.1 Å². The van der Waals surface area contributed by atoms with Crippen molar-refractivity contribution in [3.8, 4) is 17.2 Å². The summed E-state index contributed by atoms with van der Waals surface area (Å²) < 4.78 is 24.1. The average Bonchev–Trinajstić information content (AvgIpc) is 3.07. The van der Waals surface area contributed by atoms with Gasteiger partial charge in [-0.3, -0.25) is 4.79 Å². The molecular weight excluding hydrogens is 383 g/mol. The molecule has 0 fully saturated rings. The van der Waals surface area contributed by atoms with E-state index in [4.69, 9.17) is 9.47 Å². The minimum absolute atomic E-state index is 0.0406. The van der Waals surface area contributed by atoms with Crippen LogP contribution in [-0.4, -0.2) is 18.2 Å². The average molecular weight is 402 g/mol. The highest BCUT2D eigenvalue weighted by Gasteiger charge is 2.21. The van der Waals surface area contributed by atoms with Crippen molar-refractivity contribution in [3.05, 3.63) is 95.3 Å². The molecule has 0 bridgehead atoms. The number of fused-ring (bicyclic) bond motifs is 1. The Morgan fingerprint density at radius 2 is 1.57 bits per heavy atom. The van der Waals surface area contributed by atoms with E-state index in [9.17, 15) is 14.3 Å². The zero-order valence-electron chi connectivity index (χ0n) is 16.3. The normalized spacial score (nSPS) is 13.7. The molecule has 3 aromatic carbocycles. The molecule has 0 aliphatic heterocycles. The summed E-state index contributed by atoms with van der Waals surface area (Å²) in [7, 11) is 1.60.